The number of hydrogen-bond acceptors (Lipinski definition) is 7. The Morgan fingerprint density at radius 2 is 1.76 bits per heavy atom. The molecule has 2 aliphatic rings. The number of phenolic OH excluding ortho intramolecular Hbond substituents is 1. The number of phenols is 1. The van der Waals surface area contributed by atoms with Crippen LogP contribution in [0.4, 0.5) is 5.95 Å². The Kier molecular flexibility index (Phi) is 4.97. The Morgan fingerprint density at radius 1 is 0.909 bits per heavy atom. The molecule has 2 aromatic carbocycles. The number of rotatable bonds is 4. The quantitative estimate of drug-likeness (QED) is 0.472. The van der Waals surface area contributed by atoms with E-state index in [1.165, 1.54) is 19.3 Å². The Labute approximate surface area is 191 Å². The second kappa shape index (κ2) is 8.27. The maximum Gasteiger partial charge on any atom is 0.224 e. The zero-order valence-electron chi connectivity index (χ0n) is 18.2. The van der Waals surface area contributed by atoms with Crippen molar-refractivity contribution >= 4 is 17.0 Å². The summed E-state index contributed by atoms with van der Waals surface area (Å²) in [6, 6.07) is 13.3. The van der Waals surface area contributed by atoms with Gasteiger partial charge in [-0.05, 0) is 49.2 Å². The third-order valence-corrected chi connectivity index (χ3v) is 6.25. The summed E-state index contributed by atoms with van der Waals surface area (Å²) in [5.74, 6) is 3.63. The average Bonchev–Trinajstić information content (AvgIpc) is 3.23. The number of fused-ring (bicyclic) bond motifs is 2. The fraction of sp³-hybridized carbons (Fsp3) is 0.320. The van der Waals surface area contributed by atoms with Crippen molar-refractivity contribution in [3.8, 4) is 34.5 Å². The summed E-state index contributed by atoms with van der Waals surface area (Å²) in [6.07, 6.45) is 7.83. The van der Waals surface area contributed by atoms with E-state index < -0.39 is 0 Å². The van der Waals surface area contributed by atoms with E-state index in [0.717, 1.165) is 29.7 Å². The summed E-state index contributed by atoms with van der Waals surface area (Å²) >= 11 is 0. The molecule has 168 valence electrons. The number of hydrogen-bond donors (Lipinski definition) is 2. The summed E-state index contributed by atoms with van der Waals surface area (Å²) in [5.41, 5.74) is 2.40. The van der Waals surface area contributed by atoms with Gasteiger partial charge in [-0.15, -0.1) is 0 Å². The topological polar surface area (TPSA) is 94.3 Å². The number of aromatic hydroxyl groups is 1. The Balaban J connectivity index is 1.46. The molecule has 6 rings (SSSR count). The van der Waals surface area contributed by atoms with Gasteiger partial charge in [0, 0.05) is 23.9 Å². The van der Waals surface area contributed by atoms with E-state index in [0.29, 0.717) is 48.1 Å². The first kappa shape index (κ1) is 19.8. The fourth-order valence-corrected chi connectivity index (χ4v) is 4.65. The van der Waals surface area contributed by atoms with Crippen LogP contribution in [0.1, 0.15) is 32.1 Å². The number of nitrogens with zero attached hydrogens (tertiary/aromatic N) is 4. The van der Waals surface area contributed by atoms with Crippen molar-refractivity contribution in [2.75, 3.05) is 18.5 Å². The van der Waals surface area contributed by atoms with Crippen LogP contribution in [0.5, 0.6) is 17.2 Å². The molecular formula is C25H25N5O3. The van der Waals surface area contributed by atoms with Gasteiger partial charge < -0.3 is 19.9 Å². The molecule has 3 heterocycles. The van der Waals surface area contributed by atoms with E-state index in [2.05, 4.69) is 10.3 Å². The Hall–Kier alpha value is -3.81. The highest BCUT2D eigenvalue weighted by Crippen LogP contribution is 2.36. The van der Waals surface area contributed by atoms with Crippen molar-refractivity contribution in [2.45, 2.75) is 38.1 Å². The molecule has 0 amide bonds. The Morgan fingerprint density at radius 3 is 2.64 bits per heavy atom. The molecule has 2 aromatic heterocycles. The highest BCUT2D eigenvalue weighted by Gasteiger charge is 2.20. The van der Waals surface area contributed by atoms with Crippen molar-refractivity contribution in [1.82, 2.24) is 19.5 Å². The monoisotopic (exact) mass is 443 g/mol. The Bertz CT molecular complexity index is 1310. The number of benzene rings is 2. The van der Waals surface area contributed by atoms with Gasteiger partial charge in [0.15, 0.2) is 11.5 Å². The molecule has 4 aromatic rings. The van der Waals surface area contributed by atoms with Gasteiger partial charge in [0.1, 0.15) is 30.6 Å². The van der Waals surface area contributed by atoms with Gasteiger partial charge in [0.25, 0.3) is 0 Å². The molecule has 1 aliphatic heterocycles. The van der Waals surface area contributed by atoms with Crippen LogP contribution in [-0.2, 0) is 0 Å². The van der Waals surface area contributed by atoms with Crippen molar-refractivity contribution < 1.29 is 14.6 Å². The number of ether oxygens (including phenoxy) is 2. The van der Waals surface area contributed by atoms with Crippen LogP contribution < -0.4 is 14.8 Å². The molecule has 1 saturated carbocycles. The van der Waals surface area contributed by atoms with E-state index in [1.807, 2.05) is 34.9 Å². The maximum absolute atomic E-state index is 10.0. The van der Waals surface area contributed by atoms with Gasteiger partial charge in [-0.1, -0.05) is 19.3 Å². The standard InChI is InChI=1S/C25H25N5O3/c31-18-7-8-20-19(15-18)28-24(16-6-9-21-22(14-16)33-13-12-32-21)30(20)23-10-11-26-25(29-23)27-17-4-2-1-3-5-17/h6-11,14-15,17,31H,1-5,12-13H2,(H,26,27,29). The van der Waals surface area contributed by atoms with E-state index in [9.17, 15) is 5.11 Å². The largest absolute Gasteiger partial charge is 0.508 e. The number of imidazole rings is 1. The van der Waals surface area contributed by atoms with Gasteiger partial charge >= 0.3 is 0 Å². The lowest BCUT2D eigenvalue weighted by molar-refractivity contribution is 0.171. The molecular weight excluding hydrogens is 418 g/mol. The lowest BCUT2D eigenvalue weighted by Crippen LogP contribution is -2.23. The van der Waals surface area contributed by atoms with E-state index in [1.54, 1.807) is 18.3 Å². The molecule has 2 N–H and O–H groups in total. The van der Waals surface area contributed by atoms with Gasteiger partial charge in [0.2, 0.25) is 5.95 Å². The summed E-state index contributed by atoms with van der Waals surface area (Å²) in [7, 11) is 0. The van der Waals surface area contributed by atoms with Crippen LogP contribution in [0, 0.1) is 0 Å². The second-order valence-corrected chi connectivity index (χ2v) is 8.52. The minimum atomic E-state index is 0.170. The number of anilines is 1. The van der Waals surface area contributed by atoms with Crippen LogP contribution >= 0.6 is 0 Å². The van der Waals surface area contributed by atoms with Crippen LogP contribution in [0.3, 0.4) is 0 Å². The molecule has 0 radical (unpaired) electrons. The molecule has 0 spiro atoms. The lowest BCUT2D eigenvalue weighted by Gasteiger charge is -2.23. The van der Waals surface area contributed by atoms with Crippen molar-refractivity contribution in [2.24, 2.45) is 0 Å². The first-order valence-electron chi connectivity index (χ1n) is 11.5. The first-order valence-corrected chi connectivity index (χ1v) is 11.5. The molecule has 0 unspecified atom stereocenters. The lowest BCUT2D eigenvalue weighted by atomic mass is 9.96. The van der Waals surface area contributed by atoms with E-state index >= 15 is 0 Å². The third kappa shape index (κ3) is 3.82. The van der Waals surface area contributed by atoms with Crippen molar-refractivity contribution in [1.29, 1.82) is 0 Å². The summed E-state index contributed by atoms with van der Waals surface area (Å²) in [4.78, 5) is 14.1. The second-order valence-electron chi connectivity index (χ2n) is 8.52. The highest BCUT2D eigenvalue weighted by atomic mass is 16.6. The molecule has 8 nitrogen and oxygen atoms in total. The summed E-state index contributed by atoms with van der Waals surface area (Å²) in [6.45, 7) is 1.06. The average molecular weight is 444 g/mol. The van der Waals surface area contributed by atoms with Gasteiger partial charge in [-0.25, -0.2) is 9.97 Å². The summed E-state index contributed by atoms with van der Waals surface area (Å²) < 4.78 is 13.5. The molecule has 1 fully saturated rings. The smallest absolute Gasteiger partial charge is 0.224 e. The maximum atomic E-state index is 10.0. The molecule has 0 saturated heterocycles. The molecule has 0 bridgehead atoms. The van der Waals surface area contributed by atoms with Gasteiger partial charge in [-0.2, -0.15) is 4.98 Å². The fourth-order valence-electron chi connectivity index (χ4n) is 4.65. The summed E-state index contributed by atoms with van der Waals surface area (Å²) in [5, 5.41) is 13.5. The molecule has 1 aliphatic carbocycles. The first-order chi connectivity index (χ1) is 16.2. The molecule has 0 atom stereocenters. The van der Waals surface area contributed by atoms with E-state index in [4.69, 9.17) is 19.4 Å². The van der Waals surface area contributed by atoms with Crippen LogP contribution in [0.2, 0.25) is 0 Å². The minimum Gasteiger partial charge on any atom is -0.508 e. The van der Waals surface area contributed by atoms with Crippen LogP contribution in [-0.4, -0.2) is 43.9 Å². The van der Waals surface area contributed by atoms with Gasteiger partial charge in [-0.3, -0.25) is 4.57 Å². The van der Waals surface area contributed by atoms with E-state index in [-0.39, 0.29) is 5.75 Å². The molecule has 33 heavy (non-hydrogen) atoms. The van der Waals surface area contributed by atoms with Crippen LogP contribution in [0.25, 0.3) is 28.2 Å². The SMILES string of the molecule is Oc1ccc2c(c1)nc(-c1ccc3c(c1)OCCO3)n2-c1ccnc(NC2CCCCC2)n1. The highest BCUT2D eigenvalue weighted by molar-refractivity contribution is 5.84. The van der Waals surface area contributed by atoms with Gasteiger partial charge in [0.05, 0.1) is 11.0 Å². The zero-order valence-corrected chi connectivity index (χ0v) is 18.2. The minimum absolute atomic E-state index is 0.170. The predicted octanol–water partition coefficient (Wildman–Crippen LogP) is 4.70. The number of nitrogens with one attached hydrogen (secondary N) is 1. The predicted molar refractivity (Wildman–Crippen MR) is 125 cm³/mol. The normalized spacial score (nSPS) is 16.1. The van der Waals surface area contributed by atoms with Crippen molar-refractivity contribution in [3.63, 3.8) is 0 Å². The zero-order chi connectivity index (χ0) is 22.2. The number of aromatic nitrogens is 4. The van der Waals surface area contributed by atoms with Crippen LogP contribution in [0.15, 0.2) is 48.7 Å². The third-order valence-electron chi connectivity index (χ3n) is 6.25. The van der Waals surface area contributed by atoms with Crippen molar-refractivity contribution in [3.05, 3.63) is 48.7 Å². The molecule has 8 heteroatoms.